The average Bonchev–Trinajstić information content (AvgIpc) is 3.08. The topological polar surface area (TPSA) is 106 Å². The molecule has 4 N–H and O–H groups in total. The Morgan fingerprint density at radius 3 is 1.50 bits per heavy atom. The van der Waals surface area contributed by atoms with E-state index in [1.165, 1.54) is 0 Å². The number of aliphatic hydroxyl groups is 4. The maximum absolute atomic E-state index is 9.69. The van der Waals surface area contributed by atoms with Crippen LogP contribution in [0.4, 0.5) is 34.1 Å². The summed E-state index contributed by atoms with van der Waals surface area (Å²) in [5.41, 5.74) is 7.94. The second-order valence-electron chi connectivity index (χ2n) is 10.9. The lowest BCUT2D eigenvalue weighted by Crippen LogP contribution is -2.21. The second kappa shape index (κ2) is 15.0. The van der Waals surface area contributed by atoms with E-state index in [-0.39, 0.29) is 25.6 Å². The average molecular weight is 619 g/mol. The van der Waals surface area contributed by atoms with E-state index in [0.717, 1.165) is 45.3 Å². The summed E-state index contributed by atoms with van der Waals surface area (Å²) in [7, 11) is 0. The van der Waals surface area contributed by atoms with Crippen LogP contribution in [-0.4, -0.2) is 46.4 Å². The SMILES string of the molecule is Cc1cccc(N(c2ccc(OC/C(O)=C\O)cc2)c2cccc(N(c3ccc(OCC(O)CO)cc3)c3cccc(C)c3)c2)c1. The third-order valence-corrected chi connectivity index (χ3v) is 7.24. The van der Waals surface area contributed by atoms with Gasteiger partial charge in [0.1, 0.15) is 37.1 Å². The van der Waals surface area contributed by atoms with Crippen molar-refractivity contribution in [2.24, 2.45) is 0 Å². The molecule has 1 unspecified atom stereocenters. The number of benzene rings is 5. The molecule has 0 aliphatic rings. The highest BCUT2D eigenvalue weighted by Gasteiger charge is 2.18. The van der Waals surface area contributed by atoms with Crippen LogP contribution in [0.15, 0.2) is 133 Å². The fourth-order valence-corrected chi connectivity index (χ4v) is 5.02. The molecule has 236 valence electrons. The quantitative estimate of drug-likeness (QED) is 0.0977. The molecule has 0 spiro atoms. The van der Waals surface area contributed by atoms with Crippen LogP contribution < -0.4 is 19.3 Å². The first kappa shape index (κ1) is 32.0. The van der Waals surface area contributed by atoms with Gasteiger partial charge in [-0.05, 0) is 116 Å². The van der Waals surface area contributed by atoms with Gasteiger partial charge in [0.15, 0.2) is 5.76 Å². The van der Waals surface area contributed by atoms with E-state index in [1.54, 1.807) is 0 Å². The molecule has 0 aliphatic heterocycles. The maximum atomic E-state index is 9.69. The van der Waals surface area contributed by atoms with E-state index in [9.17, 15) is 10.2 Å². The Bertz CT molecular complexity index is 1750. The number of aliphatic hydroxyl groups excluding tert-OH is 4. The number of hydrogen-bond donors (Lipinski definition) is 4. The summed E-state index contributed by atoms with van der Waals surface area (Å²) in [5, 5.41) is 37.3. The summed E-state index contributed by atoms with van der Waals surface area (Å²) < 4.78 is 11.2. The zero-order chi connectivity index (χ0) is 32.5. The predicted molar refractivity (Wildman–Crippen MR) is 183 cm³/mol. The van der Waals surface area contributed by atoms with E-state index in [2.05, 4.69) is 78.2 Å². The third kappa shape index (κ3) is 7.98. The lowest BCUT2D eigenvalue weighted by atomic mass is 10.1. The first-order valence-electron chi connectivity index (χ1n) is 14.9. The molecule has 0 aromatic heterocycles. The van der Waals surface area contributed by atoms with Gasteiger partial charge in [0.05, 0.1) is 6.61 Å². The van der Waals surface area contributed by atoms with Crippen molar-refractivity contribution in [3.05, 3.63) is 144 Å². The zero-order valence-corrected chi connectivity index (χ0v) is 25.8. The van der Waals surface area contributed by atoms with Crippen LogP contribution >= 0.6 is 0 Å². The number of ether oxygens (including phenoxy) is 2. The van der Waals surface area contributed by atoms with E-state index in [1.807, 2.05) is 66.7 Å². The van der Waals surface area contributed by atoms with Gasteiger partial charge < -0.3 is 39.7 Å². The minimum atomic E-state index is -0.942. The molecule has 8 nitrogen and oxygen atoms in total. The minimum Gasteiger partial charge on any atom is -0.512 e. The molecule has 0 radical (unpaired) electrons. The van der Waals surface area contributed by atoms with Crippen molar-refractivity contribution in [2.75, 3.05) is 29.6 Å². The van der Waals surface area contributed by atoms with Crippen LogP contribution in [0.25, 0.3) is 0 Å². The summed E-state index contributed by atoms with van der Waals surface area (Å²) >= 11 is 0. The zero-order valence-electron chi connectivity index (χ0n) is 25.8. The number of hydrogen-bond acceptors (Lipinski definition) is 8. The van der Waals surface area contributed by atoms with Gasteiger partial charge >= 0.3 is 0 Å². The summed E-state index contributed by atoms with van der Waals surface area (Å²) in [6.45, 7) is 3.64. The molecule has 8 heteroatoms. The molecule has 0 fully saturated rings. The fraction of sp³-hybridized carbons (Fsp3) is 0.158. The molecule has 5 rings (SSSR count). The van der Waals surface area contributed by atoms with Crippen molar-refractivity contribution in [3.8, 4) is 11.5 Å². The smallest absolute Gasteiger partial charge is 0.164 e. The van der Waals surface area contributed by atoms with Crippen molar-refractivity contribution in [1.29, 1.82) is 0 Å². The van der Waals surface area contributed by atoms with Crippen LogP contribution in [-0.2, 0) is 0 Å². The summed E-state index contributed by atoms with van der Waals surface area (Å²) in [6.07, 6.45) is -0.323. The molecular formula is C38H38N2O6. The lowest BCUT2D eigenvalue weighted by molar-refractivity contribution is 0.0536. The van der Waals surface area contributed by atoms with E-state index >= 15 is 0 Å². The molecular weight excluding hydrogens is 580 g/mol. The van der Waals surface area contributed by atoms with Crippen molar-refractivity contribution in [1.82, 2.24) is 0 Å². The van der Waals surface area contributed by atoms with Crippen molar-refractivity contribution < 1.29 is 29.9 Å². The Hall–Kier alpha value is -5.44. The second-order valence-corrected chi connectivity index (χ2v) is 10.9. The molecule has 1 atom stereocenters. The summed E-state index contributed by atoms with van der Waals surface area (Å²) in [4.78, 5) is 4.35. The Kier molecular flexibility index (Phi) is 10.4. The minimum absolute atomic E-state index is 0.00354. The number of anilines is 6. The molecule has 0 aliphatic carbocycles. The highest BCUT2D eigenvalue weighted by atomic mass is 16.5. The number of nitrogens with zero attached hydrogens (tertiary/aromatic N) is 2. The molecule has 0 amide bonds. The first-order chi connectivity index (χ1) is 22.3. The monoisotopic (exact) mass is 618 g/mol. The molecule has 0 heterocycles. The Balaban J connectivity index is 1.55. The van der Waals surface area contributed by atoms with Gasteiger partial charge in [-0.25, -0.2) is 0 Å². The van der Waals surface area contributed by atoms with Crippen molar-refractivity contribution >= 4 is 34.1 Å². The van der Waals surface area contributed by atoms with Gasteiger partial charge in [0.2, 0.25) is 0 Å². The largest absolute Gasteiger partial charge is 0.512 e. The molecule has 5 aromatic carbocycles. The summed E-state index contributed by atoms with van der Waals surface area (Å²) in [5.74, 6) is 0.886. The molecule has 46 heavy (non-hydrogen) atoms. The van der Waals surface area contributed by atoms with Crippen LogP contribution in [0.2, 0.25) is 0 Å². The highest BCUT2D eigenvalue weighted by Crippen LogP contribution is 2.41. The normalized spacial score (nSPS) is 12.0. The van der Waals surface area contributed by atoms with Crippen molar-refractivity contribution in [3.63, 3.8) is 0 Å². The van der Waals surface area contributed by atoms with Crippen LogP contribution in [0.3, 0.4) is 0 Å². The Morgan fingerprint density at radius 1 is 0.630 bits per heavy atom. The molecule has 0 saturated heterocycles. The first-order valence-corrected chi connectivity index (χ1v) is 14.9. The van der Waals surface area contributed by atoms with Crippen LogP contribution in [0.5, 0.6) is 11.5 Å². The van der Waals surface area contributed by atoms with Gasteiger partial charge in [-0.3, -0.25) is 0 Å². The van der Waals surface area contributed by atoms with Crippen LogP contribution in [0, 0.1) is 13.8 Å². The van der Waals surface area contributed by atoms with Gasteiger partial charge in [-0.2, -0.15) is 0 Å². The van der Waals surface area contributed by atoms with Gasteiger partial charge in [-0.15, -0.1) is 0 Å². The van der Waals surface area contributed by atoms with E-state index in [4.69, 9.17) is 19.7 Å². The highest BCUT2D eigenvalue weighted by molar-refractivity contribution is 5.83. The Morgan fingerprint density at radius 2 is 1.07 bits per heavy atom. The molecule has 0 bridgehead atoms. The molecule has 0 saturated carbocycles. The van der Waals surface area contributed by atoms with Gasteiger partial charge in [0.25, 0.3) is 0 Å². The van der Waals surface area contributed by atoms with E-state index in [0.29, 0.717) is 17.8 Å². The number of aryl methyl sites for hydroxylation is 2. The lowest BCUT2D eigenvalue weighted by Gasteiger charge is -2.30. The predicted octanol–water partition coefficient (Wildman–Crippen LogP) is 8.31. The Labute approximate surface area is 269 Å². The van der Waals surface area contributed by atoms with Gasteiger partial charge in [-0.1, -0.05) is 30.3 Å². The standard InChI is InChI=1S/C38H38N2O6/c1-27-6-3-8-31(20-27)39(29-12-16-37(17-13-29)45-25-35(43)23-41)33-10-5-11-34(22-33)40(32-9-4-7-28(2)21-32)30-14-18-38(19-15-30)46-26-36(44)24-42/h3-23,36,41-44H,24-26H2,1-2H3/b35-23+. The molecule has 5 aromatic rings. The van der Waals surface area contributed by atoms with Gasteiger partial charge in [0, 0.05) is 34.1 Å². The van der Waals surface area contributed by atoms with Crippen LogP contribution in [0.1, 0.15) is 11.1 Å². The van der Waals surface area contributed by atoms with E-state index < -0.39 is 6.10 Å². The summed E-state index contributed by atoms with van der Waals surface area (Å²) in [6, 6.07) is 40.1. The number of rotatable bonds is 13. The van der Waals surface area contributed by atoms with Crippen molar-refractivity contribution in [2.45, 2.75) is 20.0 Å². The maximum Gasteiger partial charge on any atom is 0.164 e. The third-order valence-electron chi connectivity index (χ3n) is 7.24. The fourth-order valence-electron chi connectivity index (χ4n) is 5.02.